The van der Waals surface area contributed by atoms with Crippen LogP contribution in [-0.4, -0.2) is 10.5 Å². The van der Waals surface area contributed by atoms with Gasteiger partial charge in [0.05, 0.1) is 11.9 Å². The highest BCUT2D eigenvalue weighted by atomic mass is 79.9. The third-order valence-corrected chi connectivity index (χ3v) is 3.95. The van der Waals surface area contributed by atoms with Gasteiger partial charge in [-0.15, -0.1) is 0 Å². The third kappa shape index (κ3) is 3.71. The van der Waals surface area contributed by atoms with Gasteiger partial charge < -0.3 is 9.15 Å². The molecular formula is C17H14BrNO4. The number of ether oxygens (including phenoxy) is 1. The van der Waals surface area contributed by atoms with Crippen LogP contribution in [0.1, 0.15) is 12.0 Å². The molecule has 0 radical (unpaired) electrons. The van der Waals surface area contributed by atoms with Gasteiger partial charge in [0, 0.05) is 11.0 Å². The molecule has 0 N–H and O–H groups in total. The molecule has 0 amide bonds. The van der Waals surface area contributed by atoms with Crippen molar-refractivity contribution in [2.45, 2.75) is 19.6 Å². The molecular weight excluding hydrogens is 362 g/mol. The number of nitrogens with zero attached hydrogens (tertiary/aromatic N) is 1. The summed E-state index contributed by atoms with van der Waals surface area (Å²) in [6, 6.07) is 14.7. The number of para-hydroxylation sites is 2. The Morgan fingerprint density at radius 2 is 1.87 bits per heavy atom. The van der Waals surface area contributed by atoms with Gasteiger partial charge in [-0.05, 0) is 29.8 Å². The quantitative estimate of drug-likeness (QED) is 0.640. The lowest BCUT2D eigenvalue weighted by atomic mass is 10.2. The number of hydrogen-bond donors (Lipinski definition) is 0. The van der Waals surface area contributed by atoms with E-state index in [1.807, 2.05) is 30.3 Å². The fraction of sp³-hybridized carbons (Fsp3) is 0.176. The number of halogens is 1. The molecule has 2 aromatic carbocycles. The summed E-state index contributed by atoms with van der Waals surface area (Å²) in [6.45, 7) is 0.447. The van der Waals surface area contributed by atoms with Crippen molar-refractivity contribution in [1.29, 1.82) is 0 Å². The number of rotatable bonds is 5. The zero-order valence-corrected chi connectivity index (χ0v) is 13.8. The van der Waals surface area contributed by atoms with E-state index in [0.717, 1.165) is 10.0 Å². The largest absolute Gasteiger partial charge is 0.461 e. The third-order valence-electron chi connectivity index (χ3n) is 3.43. The molecule has 3 aromatic rings. The van der Waals surface area contributed by atoms with Crippen LogP contribution in [-0.2, 0) is 22.7 Å². The maximum Gasteiger partial charge on any atom is 0.419 e. The first kappa shape index (κ1) is 15.6. The first-order valence-electron chi connectivity index (χ1n) is 7.12. The van der Waals surface area contributed by atoms with Crippen LogP contribution in [0.15, 0.2) is 62.2 Å². The number of aryl methyl sites for hydroxylation is 1. The van der Waals surface area contributed by atoms with E-state index in [4.69, 9.17) is 9.15 Å². The predicted octanol–water partition coefficient (Wildman–Crippen LogP) is 3.49. The molecule has 5 nitrogen and oxygen atoms in total. The Kier molecular flexibility index (Phi) is 4.62. The van der Waals surface area contributed by atoms with Gasteiger partial charge in [0.2, 0.25) is 0 Å². The Hall–Kier alpha value is -2.34. The van der Waals surface area contributed by atoms with Gasteiger partial charge in [-0.1, -0.05) is 40.2 Å². The van der Waals surface area contributed by atoms with Gasteiger partial charge in [0.1, 0.15) is 6.61 Å². The monoisotopic (exact) mass is 375 g/mol. The SMILES string of the molecule is O=C(CCn1c(=O)oc2ccccc21)OCc1ccc(Br)cc1. The molecule has 0 saturated heterocycles. The number of carbonyl (C=O) groups excluding carboxylic acids is 1. The van der Waals surface area contributed by atoms with Crippen molar-refractivity contribution in [2.24, 2.45) is 0 Å². The molecule has 0 spiro atoms. The van der Waals surface area contributed by atoms with E-state index in [1.165, 1.54) is 4.57 Å². The first-order valence-corrected chi connectivity index (χ1v) is 7.91. The lowest BCUT2D eigenvalue weighted by Gasteiger charge is -2.05. The van der Waals surface area contributed by atoms with E-state index in [1.54, 1.807) is 18.2 Å². The van der Waals surface area contributed by atoms with Crippen LogP contribution >= 0.6 is 15.9 Å². The Morgan fingerprint density at radius 1 is 1.13 bits per heavy atom. The smallest absolute Gasteiger partial charge is 0.419 e. The zero-order chi connectivity index (χ0) is 16.2. The van der Waals surface area contributed by atoms with Gasteiger partial charge >= 0.3 is 11.7 Å². The average Bonchev–Trinajstić information content (AvgIpc) is 2.87. The Labute approximate surface area is 140 Å². The maximum atomic E-state index is 11.8. The van der Waals surface area contributed by atoms with Gasteiger partial charge in [0.15, 0.2) is 5.58 Å². The molecule has 1 heterocycles. The van der Waals surface area contributed by atoms with Crippen LogP contribution in [0.5, 0.6) is 0 Å². The molecule has 0 atom stereocenters. The van der Waals surface area contributed by atoms with E-state index in [0.29, 0.717) is 11.1 Å². The highest BCUT2D eigenvalue weighted by molar-refractivity contribution is 9.10. The summed E-state index contributed by atoms with van der Waals surface area (Å²) < 4.78 is 12.8. The minimum Gasteiger partial charge on any atom is -0.461 e. The van der Waals surface area contributed by atoms with Gasteiger partial charge in [-0.3, -0.25) is 9.36 Å². The maximum absolute atomic E-state index is 11.8. The van der Waals surface area contributed by atoms with Crippen LogP contribution in [0.4, 0.5) is 0 Å². The van der Waals surface area contributed by atoms with Crippen LogP contribution in [0.2, 0.25) is 0 Å². The van der Waals surface area contributed by atoms with Crippen molar-refractivity contribution in [3.8, 4) is 0 Å². The second kappa shape index (κ2) is 6.83. The number of carbonyl (C=O) groups is 1. The molecule has 0 aliphatic heterocycles. The molecule has 1 aromatic heterocycles. The highest BCUT2D eigenvalue weighted by Gasteiger charge is 2.11. The lowest BCUT2D eigenvalue weighted by Crippen LogP contribution is -2.17. The van der Waals surface area contributed by atoms with Gasteiger partial charge in [-0.2, -0.15) is 0 Å². The Morgan fingerprint density at radius 3 is 2.65 bits per heavy atom. The normalized spacial score (nSPS) is 10.8. The number of esters is 1. The van der Waals surface area contributed by atoms with Crippen LogP contribution < -0.4 is 5.76 Å². The van der Waals surface area contributed by atoms with Crippen molar-refractivity contribution in [3.63, 3.8) is 0 Å². The van der Waals surface area contributed by atoms with Crippen molar-refractivity contribution in [3.05, 3.63) is 69.1 Å². The number of aromatic nitrogens is 1. The molecule has 118 valence electrons. The zero-order valence-electron chi connectivity index (χ0n) is 12.2. The molecule has 0 aliphatic carbocycles. The number of fused-ring (bicyclic) bond motifs is 1. The van der Waals surface area contributed by atoms with Crippen molar-refractivity contribution < 1.29 is 13.9 Å². The lowest BCUT2D eigenvalue weighted by molar-refractivity contribution is -0.145. The van der Waals surface area contributed by atoms with Gasteiger partial charge in [-0.25, -0.2) is 4.79 Å². The summed E-state index contributed by atoms with van der Waals surface area (Å²) in [5.41, 5.74) is 2.10. The molecule has 23 heavy (non-hydrogen) atoms. The second-order valence-corrected chi connectivity index (χ2v) is 5.94. The molecule has 0 bridgehead atoms. The molecule has 6 heteroatoms. The summed E-state index contributed by atoms with van der Waals surface area (Å²) in [4.78, 5) is 23.7. The molecule has 0 saturated carbocycles. The second-order valence-electron chi connectivity index (χ2n) is 5.02. The van der Waals surface area contributed by atoms with E-state index in [9.17, 15) is 9.59 Å². The van der Waals surface area contributed by atoms with Crippen molar-refractivity contribution in [1.82, 2.24) is 4.57 Å². The summed E-state index contributed by atoms with van der Waals surface area (Å²) in [5, 5.41) is 0. The standard InChI is InChI=1S/C17H14BrNO4/c18-13-7-5-12(6-8-13)11-22-16(20)9-10-19-14-3-1-2-4-15(14)23-17(19)21/h1-8H,9-11H2. The summed E-state index contributed by atoms with van der Waals surface area (Å²) in [7, 11) is 0. The number of oxazole rings is 1. The molecule has 0 fully saturated rings. The fourth-order valence-corrected chi connectivity index (χ4v) is 2.51. The van der Waals surface area contributed by atoms with Crippen LogP contribution in [0, 0.1) is 0 Å². The van der Waals surface area contributed by atoms with Crippen LogP contribution in [0.3, 0.4) is 0 Å². The van der Waals surface area contributed by atoms with Crippen LogP contribution in [0.25, 0.3) is 11.1 Å². The molecule has 0 unspecified atom stereocenters. The fourth-order valence-electron chi connectivity index (χ4n) is 2.25. The molecule has 0 aliphatic rings. The Balaban J connectivity index is 1.59. The van der Waals surface area contributed by atoms with E-state index < -0.39 is 5.76 Å². The topological polar surface area (TPSA) is 61.4 Å². The highest BCUT2D eigenvalue weighted by Crippen LogP contribution is 2.13. The predicted molar refractivity (Wildman–Crippen MR) is 89.0 cm³/mol. The molecule has 3 rings (SSSR count). The Bertz CT molecular complexity index is 879. The van der Waals surface area contributed by atoms with Gasteiger partial charge in [0.25, 0.3) is 0 Å². The van der Waals surface area contributed by atoms with E-state index in [-0.39, 0.29) is 25.5 Å². The minimum absolute atomic E-state index is 0.111. The van der Waals surface area contributed by atoms with E-state index >= 15 is 0 Å². The van der Waals surface area contributed by atoms with Crippen molar-refractivity contribution in [2.75, 3.05) is 0 Å². The minimum atomic E-state index is -0.466. The summed E-state index contributed by atoms with van der Waals surface area (Å²) >= 11 is 3.35. The average molecular weight is 376 g/mol. The number of benzene rings is 2. The summed E-state index contributed by atoms with van der Waals surface area (Å²) in [5.74, 6) is -0.822. The summed E-state index contributed by atoms with van der Waals surface area (Å²) in [6.07, 6.45) is 0.111. The first-order chi connectivity index (χ1) is 11.1. The van der Waals surface area contributed by atoms with Crippen molar-refractivity contribution >= 4 is 33.0 Å². The van der Waals surface area contributed by atoms with E-state index in [2.05, 4.69) is 15.9 Å². The number of hydrogen-bond acceptors (Lipinski definition) is 4.